The highest BCUT2D eigenvalue weighted by Gasteiger charge is 2.29. The second-order valence-corrected chi connectivity index (χ2v) is 7.82. The molecule has 7 heteroatoms. The van der Waals surface area contributed by atoms with Gasteiger partial charge in [-0.3, -0.25) is 14.6 Å². The second-order valence-electron chi connectivity index (χ2n) is 7.82. The van der Waals surface area contributed by atoms with Crippen molar-refractivity contribution in [2.75, 3.05) is 19.6 Å². The number of piperidine rings is 1. The van der Waals surface area contributed by atoms with Gasteiger partial charge in [0, 0.05) is 50.6 Å². The van der Waals surface area contributed by atoms with E-state index in [0.717, 1.165) is 16.9 Å². The average molecular weight is 418 g/mol. The summed E-state index contributed by atoms with van der Waals surface area (Å²) in [4.78, 5) is 31.0. The molecule has 31 heavy (non-hydrogen) atoms. The van der Waals surface area contributed by atoms with Crippen molar-refractivity contribution in [3.05, 3.63) is 78.4 Å². The van der Waals surface area contributed by atoms with E-state index in [9.17, 15) is 9.59 Å². The fraction of sp³-hybridized carbons (Fsp3) is 0.333. The lowest BCUT2D eigenvalue weighted by Crippen LogP contribution is -2.46. The third-order valence-electron chi connectivity index (χ3n) is 5.60. The Labute approximate surface area is 182 Å². The highest BCUT2D eigenvalue weighted by molar-refractivity contribution is 5.83. The zero-order chi connectivity index (χ0) is 21.5. The number of para-hydroxylation sites is 1. The van der Waals surface area contributed by atoms with Crippen molar-refractivity contribution in [3.63, 3.8) is 0 Å². The summed E-state index contributed by atoms with van der Waals surface area (Å²) in [7, 11) is 0. The summed E-state index contributed by atoms with van der Waals surface area (Å²) in [6.07, 6.45) is 8.02. The Morgan fingerprint density at radius 1 is 1.10 bits per heavy atom. The molecular formula is C24H27N5O2. The number of nitrogens with zero attached hydrogens (tertiary/aromatic N) is 4. The predicted octanol–water partition coefficient (Wildman–Crippen LogP) is 2.41. The summed E-state index contributed by atoms with van der Waals surface area (Å²) < 4.78 is 1.84. The summed E-state index contributed by atoms with van der Waals surface area (Å²) in [5.74, 6) is -0.0208. The van der Waals surface area contributed by atoms with E-state index < -0.39 is 0 Å². The van der Waals surface area contributed by atoms with Crippen LogP contribution in [-0.4, -0.2) is 51.1 Å². The van der Waals surface area contributed by atoms with Crippen molar-refractivity contribution in [1.29, 1.82) is 0 Å². The van der Waals surface area contributed by atoms with Gasteiger partial charge in [-0.2, -0.15) is 5.10 Å². The molecule has 0 unspecified atom stereocenters. The molecule has 4 rings (SSSR count). The van der Waals surface area contributed by atoms with E-state index in [1.54, 1.807) is 11.1 Å². The number of carbonyl (C=O) groups excluding carboxylic acids is 2. The number of aromatic nitrogens is 3. The van der Waals surface area contributed by atoms with Crippen LogP contribution in [-0.2, 0) is 22.4 Å². The van der Waals surface area contributed by atoms with Crippen LogP contribution in [0.25, 0.3) is 5.69 Å². The Kier molecular flexibility index (Phi) is 6.72. The minimum atomic E-state index is -0.159. The highest BCUT2D eigenvalue weighted by Crippen LogP contribution is 2.18. The van der Waals surface area contributed by atoms with Crippen molar-refractivity contribution < 1.29 is 9.59 Å². The van der Waals surface area contributed by atoms with Crippen LogP contribution in [0.4, 0.5) is 0 Å². The molecular weight excluding hydrogens is 390 g/mol. The quantitative estimate of drug-likeness (QED) is 0.610. The first kappa shape index (κ1) is 20.8. The molecule has 1 N–H and O–H groups in total. The number of hydrogen-bond donors (Lipinski definition) is 1. The van der Waals surface area contributed by atoms with Gasteiger partial charge in [-0.1, -0.05) is 24.3 Å². The van der Waals surface area contributed by atoms with Crippen LogP contribution in [0, 0.1) is 5.92 Å². The number of nitrogens with one attached hydrogen (secondary N) is 1. The first-order valence-electron chi connectivity index (χ1n) is 10.7. The number of benzene rings is 1. The second kappa shape index (κ2) is 10.0. The molecule has 0 aliphatic carbocycles. The fourth-order valence-corrected chi connectivity index (χ4v) is 3.83. The lowest BCUT2D eigenvalue weighted by Gasteiger charge is -2.32. The molecule has 1 aromatic carbocycles. The standard InChI is InChI=1S/C24H27N5O2/c30-23-10-9-20(18-28(23)15-12-21-6-4-5-13-25-21)24(31)26-14-11-19-16-27-29(17-19)22-7-2-1-3-8-22/h1-8,13,16-17,20H,9-12,14-15,18H2,(H,26,31)/t20-/m1/s1. The molecule has 1 atom stereocenters. The molecule has 1 saturated heterocycles. The summed E-state index contributed by atoms with van der Waals surface area (Å²) in [6.45, 7) is 1.62. The molecule has 1 aliphatic heterocycles. The van der Waals surface area contributed by atoms with E-state index >= 15 is 0 Å². The maximum atomic E-state index is 12.7. The molecule has 2 amide bonds. The van der Waals surface area contributed by atoms with Gasteiger partial charge in [0.2, 0.25) is 11.8 Å². The van der Waals surface area contributed by atoms with Gasteiger partial charge in [0.05, 0.1) is 17.8 Å². The van der Waals surface area contributed by atoms with E-state index in [1.807, 2.05) is 65.6 Å². The molecule has 3 heterocycles. The van der Waals surface area contributed by atoms with Gasteiger partial charge >= 0.3 is 0 Å². The van der Waals surface area contributed by atoms with E-state index in [0.29, 0.717) is 45.3 Å². The number of amides is 2. The van der Waals surface area contributed by atoms with Crippen LogP contribution in [0.1, 0.15) is 24.1 Å². The van der Waals surface area contributed by atoms with E-state index in [1.165, 1.54) is 0 Å². The number of pyridine rings is 1. The molecule has 1 aliphatic rings. The zero-order valence-electron chi connectivity index (χ0n) is 17.5. The van der Waals surface area contributed by atoms with E-state index in [4.69, 9.17) is 0 Å². The largest absolute Gasteiger partial charge is 0.355 e. The average Bonchev–Trinajstić information content (AvgIpc) is 3.29. The molecule has 3 aromatic rings. The summed E-state index contributed by atoms with van der Waals surface area (Å²) in [6, 6.07) is 15.7. The Balaban J connectivity index is 1.24. The monoisotopic (exact) mass is 417 g/mol. The molecule has 0 saturated carbocycles. The van der Waals surface area contributed by atoms with Crippen molar-refractivity contribution >= 4 is 11.8 Å². The Morgan fingerprint density at radius 2 is 1.94 bits per heavy atom. The van der Waals surface area contributed by atoms with Crippen molar-refractivity contribution in [2.24, 2.45) is 5.92 Å². The molecule has 0 radical (unpaired) electrons. The number of carbonyl (C=O) groups is 2. The topological polar surface area (TPSA) is 80.1 Å². The van der Waals surface area contributed by atoms with Crippen LogP contribution < -0.4 is 5.32 Å². The Bertz CT molecular complexity index is 1000. The van der Waals surface area contributed by atoms with Gasteiger partial charge in [-0.25, -0.2) is 4.68 Å². The van der Waals surface area contributed by atoms with Crippen LogP contribution in [0.15, 0.2) is 67.1 Å². The van der Waals surface area contributed by atoms with Gasteiger partial charge in [-0.05, 0) is 42.7 Å². The molecule has 0 bridgehead atoms. The molecule has 2 aromatic heterocycles. The third-order valence-corrected chi connectivity index (χ3v) is 5.60. The maximum Gasteiger partial charge on any atom is 0.224 e. The first-order chi connectivity index (χ1) is 15.2. The number of likely N-dealkylation sites (tertiary alicyclic amines) is 1. The van der Waals surface area contributed by atoms with Gasteiger partial charge in [0.15, 0.2) is 0 Å². The molecule has 0 spiro atoms. The molecule has 1 fully saturated rings. The summed E-state index contributed by atoms with van der Waals surface area (Å²) >= 11 is 0. The summed E-state index contributed by atoms with van der Waals surface area (Å²) in [5.41, 5.74) is 3.04. The minimum Gasteiger partial charge on any atom is -0.355 e. The zero-order valence-corrected chi connectivity index (χ0v) is 17.5. The number of hydrogen-bond acceptors (Lipinski definition) is 4. The van der Waals surface area contributed by atoms with E-state index in [-0.39, 0.29) is 17.7 Å². The lowest BCUT2D eigenvalue weighted by molar-refractivity contribution is -0.138. The van der Waals surface area contributed by atoms with Gasteiger partial charge < -0.3 is 10.2 Å². The fourth-order valence-electron chi connectivity index (χ4n) is 3.83. The number of rotatable bonds is 8. The normalized spacial score (nSPS) is 16.3. The summed E-state index contributed by atoms with van der Waals surface area (Å²) in [5, 5.41) is 7.43. The van der Waals surface area contributed by atoms with Crippen LogP contribution in [0.2, 0.25) is 0 Å². The Hall–Kier alpha value is -3.48. The van der Waals surface area contributed by atoms with E-state index in [2.05, 4.69) is 15.4 Å². The van der Waals surface area contributed by atoms with Gasteiger partial charge in [-0.15, -0.1) is 0 Å². The van der Waals surface area contributed by atoms with Crippen LogP contribution in [0.5, 0.6) is 0 Å². The SMILES string of the molecule is O=C(NCCc1cnn(-c2ccccc2)c1)[C@@H]1CCC(=O)N(CCc2ccccn2)C1. The van der Waals surface area contributed by atoms with Gasteiger partial charge in [0.25, 0.3) is 0 Å². The smallest absolute Gasteiger partial charge is 0.224 e. The van der Waals surface area contributed by atoms with Crippen molar-refractivity contribution in [2.45, 2.75) is 25.7 Å². The minimum absolute atomic E-state index is 0.0192. The Morgan fingerprint density at radius 3 is 2.74 bits per heavy atom. The third kappa shape index (κ3) is 5.57. The van der Waals surface area contributed by atoms with Crippen molar-refractivity contribution in [1.82, 2.24) is 25.0 Å². The lowest BCUT2D eigenvalue weighted by atomic mass is 9.96. The maximum absolute atomic E-state index is 12.7. The first-order valence-corrected chi connectivity index (χ1v) is 10.7. The predicted molar refractivity (Wildman–Crippen MR) is 118 cm³/mol. The van der Waals surface area contributed by atoms with Crippen LogP contribution in [0.3, 0.4) is 0 Å². The highest BCUT2D eigenvalue weighted by atomic mass is 16.2. The van der Waals surface area contributed by atoms with Crippen molar-refractivity contribution in [3.8, 4) is 5.69 Å². The van der Waals surface area contributed by atoms with Crippen LogP contribution >= 0.6 is 0 Å². The molecule has 7 nitrogen and oxygen atoms in total. The van der Waals surface area contributed by atoms with Gasteiger partial charge in [0.1, 0.15) is 0 Å². The molecule has 160 valence electrons.